The average Bonchev–Trinajstić information content (AvgIpc) is 3.20. The summed E-state index contributed by atoms with van der Waals surface area (Å²) in [7, 11) is -3.81. The number of benzene rings is 3. The number of fused-ring (bicyclic) bond motifs is 1. The van der Waals surface area contributed by atoms with Gasteiger partial charge in [0, 0.05) is 11.3 Å². The van der Waals surface area contributed by atoms with E-state index in [9.17, 15) is 18.0 Å². The zero-order valence-corrected chi connectivity index (χ0v) is 22.3. The summed E-state index contributed by atoms with van der Waals surface area (Å²) in [5.41, 5.74) is 2.35. The van der Waals surface area contributed by atoms with Gasteiger partial charge in [0.1, 0.15) is 6.54 Å². The van der Waals surface area contributed by atoms with Crippen molar-refractivity contribution < 1.29 is 22.7 Å². The van der Waals surface area contributed by atoms with E-state index in [1.807, 2.05) is 18.2 Å². The highest BCUT2D eigenvalue weighted by molar-refractivity contribution is 7.92. The molecule has 1 aromatic heterocycles. The van der Waals surface area contributed by atoms with Gasteiger partial charge in [0.05, 0.1) is 21.7 Å². The molecule has 0 atom stereocenters. The number of thiazole rings is 1. The minimum Gasteiger partial charge on any atom is -0.465 e. The zero-order valence-electron chi connectivity index (χ0n) is 20.7. The third kappa shape index (κ3) is 6.15. The average molecular weight is 538 g/mol. The Morgan fingerprint density at radius 1 is 1.03 bits per heavy atom. The summed E-state index contributed by atoms with van der Waals surface area (Å²) in [5, 5.41) is 0. The van der Waals surface area contributed by atoms with Crippen molar-refractivity contribution >= 4 is 49.1 Å². The fourth-order valence-corrected chi connectivity index (χ4v) is 5.85. The maximum absolute atomic E-state index is 13.2. The number of nitrogens with one attached hydrogen (secondary N) is 1. The van der Waals surface area contributed by atoms with Crippen LogP contribution in [-0.4, -0.2) is 31.5 Å². The van der Waals surface area contributed by atoms with Gasteiger partial charge in [0.15, 0.2) is 4.80 Å². The molecule has 0 saturated heterocycles. The van der Waals surface area contributed by atoms with E-state index in [4.69, 9.17) is 4.74 Å². The number of aromatic nitrogens is 1. The van der Waals surface area contributed by atoms with Crippen LogP contribution in [0.4, 0.5) is 5.69 Å². The van der Waals surface area contributed by atoms with E-state index >= 15 is 0 Å². The molecule has 0 fully saturated rings. The molecule has 4 aromatic rings. The highest BCUT2D eigenvalue weighted by atomic mass is 32.2. The molecule has 8 nitrogen and oxygen atoms in total. The number of carbonyl (C=O) groups excluding carboxylic acids is 2. The fourth-order valence-electron chi connectivity index (χ4n) is 3.70. The predicted octanol–water partition coefficient (Wildman–Crippen LogP) is 4.93. The highest BCUT2D eigenvalue weighted by Gasteiger charge is 2.16. The molecular weight excluding hydrogens is 510 g/mol. The van der Waals surface area contributed by atoms with Gasteiger partial charge in [-0.2, -0.15) is 4.99 Å². The van der Waals surface area contributed by atoms with E-state index in [-0.39, 0.29) is 29.3 Å². The molecule has 10 heteroatoms. The number of ether oxygens (including phenoxy) is 1. The van der Waals surface area contributed by atoms with Gasteiger partial charge < -0.3 is 9.30 Å². The molecule has 0 unspecified atom stereocenters. The van der Waals surface area contributed by atoms with Crippen LogP contribution in [0.2, 0.25) is 0 Å². The Morgan fingerprint density at radius 2 is 1.78 bits per heavy atom. The molecule has 0 saturated carbocycles. The Labute approximate surface area is 219 Å². The van der Waals surface area contributed by atoms with Gasteiger partial charge in [-0.3, -0.25) is 14.3 Å². The van der Waals surface area contributed by atoms with Gasteiger partial charge in [0.25, 0.3) is 15.9 Å². The van der Waals surface area contributed by atoms with Crippen LogP contribution in [0.15, 0.2) is 82.7 Å². The highest BCUT2D eigenvalue weighted by Crippen LogP contribution is 2.24. The molecule has 0 spiro atoms. The first-order valence-electron chi connectivity index (χ1n) is 11.7. The molecule has 1 N–H and O–H groups in total. The molecular formula is C27H27N3O5S2. The minimum absolute atomic E-state index is 0.0854. The monoisotopic (exact) mass is 537 g/mol. The third-order valence-electron chi connectivity index (χ3n) is 5.58. The first-order chi connectivity index (χ1) is 17.7. The summed E-state index contributed by atoms with van der Waals surface area (Å²) < 4.78 is 35.6. The summed E-state index contributed by atoms with van der Waals surface area (Å²) in [6, 6.07) is 20.1. The van der Waals surface area contributed by atoms with Gasteiger partial charge in [-0.1, -0.05) is 55.5 Å². The van der Waals surface area contributed by atoms with Crippen LogP contribution in [0.3, 0.4) is 0 Å². The van der Waals surface area contributed by atoms with E-state index in [0.29, 0.717) is 10.7 Å². The molecule has 0 radical (unpaired) electrons. The first-order valence-corrected chi connectivity index (χ1v) is 14.0. The number of sulfonamides is 1. The van der Waals surface area contributed by atoms with Gasteiger partial charge in [-0.25, -0.2) is 8.42 Å². The Balaban J connectivity index is 1.71. The molecule has 0 aliphatic carbocycles. The smallest absolute Gasteiger partial charge is 0.326 e. The number of hydrogen-bond acceptors (Lipinski definition) is 6. The number of esters is 1. The van der Waals surface area contributed by atoms with Crippen LogP contribution >= 0.6 is 11.3 Å². The largest absolute Gasteiger partial charge is 0.465 e. The predicted molar refractivity (Wildman–Crippen MR) is 144 cm³/mol. The lowest BCUT2D eigenvalue weighted by Gasteiger charge is -2.09. The lowest BCUT2D eigenvalue weighted by molar-refractivity contribution is -0.143. The van der Waals surface area contributed by atoms with Crippen molar-refractivity contribution in [2.45, 2.75) is 38.1 Å². The van der Waals surface area contributed by atoms with E-state index in [1.54, 1.807) is 47.9 Å². The van der Waals surface area contributed by atoms with Crippen molar-refractivity contribution in [2.24, 2.45) is 4.99 Å². The lowest BCUT2D eigenvalue weighted by atomic mass is 10.0. The molecule has 37 heavy (non-hydrogen) atoms. The number of carbonyl (C=O) groups is 2. The SMILES string of the molecule is CCOC(=O)Cn1c(=NC(=O)c2cccc(NS(=O)(=O)c3ccccc3)c2)sc2cc(C(C)C)ccc21. The molecule has 0 aliphatic heterocycles. The fraction of sp³-hybridized carbons (Fsp3) is 0.222. The van der Waals surface area contributed by atoms with Crippen molar-refractivity contribution in [3.63, 3.8) is 0 Å². The molecule has 3 aromatic carbocycles. The quantitative estimate of drug-likeness (QED) is 0.321. The van der Waals surface area contributed by atoms with Crippen molar-refractivity contribution in [2.75, 3.05) is 11.3 Å². The molecule has 0 bridgehead atoms. The second kappa shape index (κ2) is 11.1. The molecule has 4 rings (SSSR count). The van der Waals surface area contributed by atoms with Crippen LogP contribution in [0.1, 0.15) is 42.6 Å². The van der Waals surface area contributed by atoms with Gasteiger partial charge in [-0.05, 0) is 60.9 Å². The van der Waals surface area contributed by atoms with Crippen LogP contribution in [0, 0.1) is 0 Å². The minimum atomic E-state index is -3.81. The number of nitrogens with zero attached hydrogens (tertiary/aromatic N) is 2. The van der Waals surface area contributed by atoms with Crippen molar-refractivity contribution in [1.29, 1.82) is 0 Å². The summed E-state index contributed by atoms with van der Waals surface area (Å²) in [6.45, 7) is 6.08. The Hall–Kier alpha value is -3.76. The Bertz CT molecular complexity index is 1620. The van der Waals surface area contributed by atoms with E-state index in [0.717, 1.165) is 15.8 Å². The van der Waals surface area contributed by atoms with Crippen molar-refractivity contribution in [1.82, 2.24) is 4.57 Å². The summed E-state index contributed by atoms with van der Waals surface area (Å²) in [4.78, 5) is 30.2. The Kier molecular flexibility index (Phi) is 7.89. The standard InChI is InChI=1S/C27H27N3O5S2/c1-4-35-25(31)17-30-23-14-13-19(18(2)3)16-24(23)36-27(30)28-26(32)20-9-8-10-21(15-20)29-37(33,34)22-11-6-5-7-12-22/h5-16,18,29H,4,17H2,1-3H3. The first kappa shape index (κ1) is 26.3. The van der Waals surface area contributed by atoms with Gasteiger partial charge >= 0.3 is 5.97 Å². The summed E-state index contributed by atoms with van der Waals surface area (Å²) in [6.07, 6.45) is 0. The summed E-state index contributed by atoms with van der Waals surface area (Å²) in [5.74, 6) is -0.676. The third-order valence-corrected chi connectivity index (χ3v) is 8.02. The van der Waals surface area contributed by atoms with E-state index in [1.165, 1.54) is 29.5 Å². The van der Waals surface area contributed by atoms with Gasteiger partial charge in [0.2, 0.25) is 0 Å². The summed E-state index contributed by atoms with van der Waals surface area (Å²) >= 11 is 1.31. The van der Waals surface area contributed by atoms with Crippen LogP contribution < -0.4 is 9.52 Å². The molecule has 0 aliphatic rings. The van der Waals surface area contributed by atoms with Crippen LogP contribution in [-0.2, 0) is 26.1 Å². The second-order valence-corrected chi connectivity index (χ2v) is 11.3. The van der Waals surface area contributed by atoms with Crippen molar-refractivity contribution in [3.8, 4) is 0 Å². The molecule has 1 amide bonds. The number of anilines is 1. The Morgan fingerprint density at radius 3 is 2.49 bits per heavy atom. The number of amides is 1. The zero-order chi connectivity index (χ0) is 26.6. The normalized spacial score (nSPS) is 12.2. The lowest BCUT2D eigenvalue weighted by Crippen LogP contribution is -2.23. The maximum atomic E-state index is 13.2. The van der Waals surface area contributed by atoms with E-state index in [2.05, 4.69) is 23.6 Å². The van der Waals surface area contributed by atoms with Crippen LogP contribution in [0.5, 0.6) is 0 Å². The topological polar surface area (TPSA) is 107 Å². The maximum Gasteiger partial charge on any atom is 0.326 e. The number of hydrogen-bond donors (Lipinski definition) is 1. The van der Waals surface area contributed by atoms with E-state index < -0.39 is 21.9 Å². The van der Waals surface area contributed by atoms with Gasteiger partial charge in [-0.15, -0.1) is 0 Å². The number of rotatable bonds is 8. The van der Waals surface area contributed by atoms with Crippen molar-refractivity contribution in [3.05, 3.63) is 88.7 Å². The second-order valence-electron chi connectivity index (χ2n) is 8.57. The molecule has 192 valence electrons. The molecule has 1 heterocycles. The van der Waals surface area contributed by atoms with Crippen LogP contribution in [0.25, 0.3) is 10.2 Å².